The fraction of sp³-hybridized carbons (Fsp3) is 0.286. The van der Waals surface area contributed by atoms with Crippen LogP contribution in [-0.4, -0.2) is 32.4 Å². The Kier molecular flexibility index (Phi) is 6.84. The van der Waals surface area contributed by atoms with E-state index in [0.29, 0.717) is 35.4 Å². The highest BCUT2D eigenvalue weighted by Gasteiger charge is 2.22. The molecule has 6 nitrogen and oxygen atoms in total. The van der Waals surface area contributed by atoms with Gasteiger partial charge in [0.2, 0.25) is 5.91 Å². The Bertz CT molecular complexity index is 1000. The van der Waals surface area contributed by atoms with E-state index in [1.165, 1.54) is 11.8 Å². The van der Waals surface area contributed by atoms with Crippen molar-refractivity contribution in [3.8, 4) is 0 Å². The second-order valence-electron chi connectivity index (χ2n) is 6.32. The topological polar surface area (TPSA) is 84.2 Å². The number of fused-ring (bicyclic) bond motifs is 1. The van der Waals surface area contributed by atoms with Crippen LogP contribution < -0.4 is 10.9 Å². The van der Waals surface area contributed by atoms with E-state index in [1.807, 2.05) is 43.3 Å². The highest BCUT2D eigenvalue weighted by Crippen LogP contribution is 2.26. The van der Waals surface area contributed by atoms with Gasteiger partial charge in [0.05, 0.1) is 16.2 Å². The Morgan fingerprint density at radius 2 is 1.89 bits per heavy atom. The molecule has 0 aliphatic rings. The van der Waals surface area contributed by atoms with E-state index in [0.717, 1.165) is 5.69 Å². The molecule has 1 unspecified atom stereocenters. The first-order chi connectivity index (χ1) is 13.6. The van der Waals surface area contributed by atoms with E-state index in [4.69, 9.17) is 0 Å². The number of thioether (sulfide) groups is 1. The largest absolute Gasteiger partial charge is 0.396 e. The maximum Gasteiger partial charge on any atom is 0.262 e. The normalized spacial score (nSPS) is 12.1. The van der Waals surface area contributed by atoms with E-state index < -0.39 is 5.25 Å². The van der Waals surface area contributed by atoms with Gasteiger partial charge in [0.15, 0.2) is 5.16 Å². The summed E-state index contributed by atoms with van der Waals surface area (Å²) < 4.78 is 1.56. The number of nitrogens with zero attached hydrogens (tertiary/aromatic N) is 2. The summed E-state index contributed by atoms with van der Waals surface area (Å²) in [6.07, 6.45) is 1.03. The minimum atomic E-state index is -0.395. The molecule has 146 valence electrons. The molecular weight excluding hydrogens is 374 g/mol. The van der Waals surface area contributed by atoms with Crippen LogP contribution in [0, 0.1) is 0 Å². The summed E-state index contributed by atoms with van der Waals surface area (Å²) in [5.41, 5.74) is 1.18. The number of carbonyl (C=O) groups excluding carboxylic acids is 1. The van der Waals surface area contributed by atoms with Crippen molar-refractivity contribution < 1.29 is 9.90 Å². The Morgan fingerprint density at radius 3 is 2.61 bits per heavy atom. The molecule has 1 aromatic heterocycles. The van der Waals surface area contributed by atoms with Crippen LogP contribution >= 0.6 is 11.8 Å². The molecule has 7 heteroatoms. The van der Waals surface area contributed by atoms with E-state index in [1.54, 1.807) is 22.8 Å². The molecule has 0 saturated carbocycles. The van der Waals surface area contributed by atoms with Crippen LogP contribution in [0.25, 0.3) is 10.9 Å². The molecule has 3 aromatic rings. The predicted octanol–water partition coefficient (Wildman–Crippen LogP) is 3.29. The highest BCUT2D eigenvalue weighted by molar-refractivity contribution is 8.00. The van der Waals surface area contributed by atoms with Gasteiger partial charge < -0.3 is 10.4 Å². The van der Waals surface area contributed by atoms with Crippen LogP contribution in [-0.2, 0) is 11.3 Å². The molecule has 0 bridgehead atoms. The maximum absolute atomic E-state index is 12.9. The maximum atomic E-state index is 12.9. The van der Waals surface area contributed by atoms with Gasteiger partial charge in [-0.15, -0.1) is 0 Å². The van der Waals surface area contributed by atoms with Gasteiger partial charge in [-0.2, -0.15) is 0 Å². The van der Waals surface area contributed by atoms with E-state index >= 15 is 0 Å². The minimum Gasteiger partial charge on any atom is -0.396 e. The summed E-state index contributed by atoms with van der Waals surface area (Å²) in [4.78, 5) is 30.3. The quantitative estimate of drug-likeness (QED) is 0.450. The number of hydrogen-bond acceptors (Lipinski definition) is 5. The summed E-state index contributed by atoms with van der Waals surface area (Å²) in [5.74, 6) is -0.130. The molecule has 1 amide bonds. The molecule has 1 heterocycles. The number of aliphatic hydroxyl groups is 1. The van der Waals surface area contributed by atoms with Crippen molar-refractivity contribution in [2.75, 3.05) is 11.9 Å². The van der Waals surface area contributed by atoms with Gasteiger partial charge in [0, 0.05) is 18.8 Å². The number of para-hydroxylation sites is 2. The van der Waals surface area contributed by atoms with Gasteiger partial charge >= 0.3 is 0 Å². The van der Waals surface area contributed by atoms with Gasteiger partial charge in [-0.25, -0.2) is 4.98 Å². The van der Waals surface area contributed by atoms with Crippen molar-refractivity contribution in [2.45, 2.75) is 36.7 Å². The molecule has 0 radical (unpaired) electrons. The lowest BCUT2D eigenvalue weighted by Crippen LogP contribution is -2.28. The van der Waals surface area contributed by atoms with Crippen molar-refractivity contribution in [2.24, 2.45) is 0 Å². The van der Waals surface area contributed by atoms with Crippen LogP contribution in [0.4, 0.5) is 5.69 Å². The number of anilines is 1. The van der Waals surface area contributed by atoms with Crippen LogP contribution in [0.15, 0.2) is 64.5 Å². The van der Waals surface area contributed by atoms with Gasteiger partial charge in [0.25, 0.3) is 5.56 Å². The second-order valence-corrected chi connectivity index (χ2v) is 7.49. The highest BCUT2D eigenvalue weighted by atomic mass is 32.2. The fourth-order valence-electron chi connectivity index (χ4n) is 2.86. The third-order valence-corrected chi connectivity index (χ3v) is 5.67. The molecule has 3 rings (SSSR count). The number of carbonyl (C=O) groups is 1. The number of benzene rings is 2. The monoisotopic (exact) mass is 397 g/mol. The van der Waals surface area contributed by atoms with Crippen molar-refractivity contribution in [3.05, 3.63) is 65.0 Å². The molecule has 2 aromatic carbocycles. The molecule has 0 aliphatic heterocycles. The SMILES string of the molecule is CCC(Sc1nc2ccccc2c(=O)n1CCCO)C(=O)Nc1ccccc1. The third-order valence-electron chi connectivity index (χ3n) is 4.32. The van der Waals surface area contributed by atoms with Gasteiger partial charge in [-0.3, -0.25) is 14.2 Å². The number of hydrogen-bond donors (Lipinski definition) is 2. The van der Waals surface area contributed by atoms with Crippen LogP contribution in [0.5, 0.6) is 0 Å². The molecule has 2 N–H and O–H groups in total. The fourth-order valence-corrected chi connectivity index (χ4v) is 3.90. The summed E-state index contributed by atoms with van der Waals surface area (Å²) in [6.45, 7) is 2.26. The lowest BCUT2D eigenvalue weighted by molar-refractivity contribution is -0.115. The lowest BCUT2D eigenvalue weighted by atomic mass is 10.2. The molecule has 0 saturated heterocycles. The van der Waals surface area contributed by atoms with Gasteiger partial charge in [-0.05, 0) is 37.1 Å². The van der Waals surface area contributed by atoms with E-state index in [9.17, 15) is 14.7 Å². The Morgan fingerprint density at radius 1 is 1.18 bits per heavy atom. The van der Waals surface area contributed by atoms with Crippen molar-refractivity contribution in [1.29, 1.82) is 0 Å². The molecule has 28 heavy (non-hydrogen) atoms. The lowest BCUT2D eigenvalue weighted by Gasteiger charge is -2.18. The van der Waals surface area contributed by atoms with Gasteiger partial charge in [-0.1, -0.05) is 49.0 Å². The standard InChI is InChI=1S/C21H23N3O3S/c1-2-18(19(26)22-15-9-4-3-5-10-15)28-21-23-17-12-7-6-11-16(17)20(27)24(21)13-8-14-25/h3-7,9-12,18,25H,2,8,13-14H2,1H3,(H,22,26). The van der Waals surface area contributed by atoms with Gasteiger partial charge in [0.1, 0.15) is 0 Å². The van der Waals surface area contributed by atoms with Crippen molar-refractivity contribution in [3.63, 3.8) is 0 Å². The minimum absolute atomic E-state index is 0.0188. The number of amides is 1. The molecule has 1 atom stereocenters. The smallest absolute Gasteiger partial charge is 0.262 e. The van der Waals surface area contributed by atoms with E-state index in [-0.39, 0.29) is 18.1 Å². The van der Waals surface area contributed by atoms with Crippen LogP contribution in [0.1, 0.15) is 19.8 Å². The zero-order valence-electron chi connectivity index (χ0n) is 15.7. The number of rotatable bonds is 8. The molecule has 0 aliphatic carbocycles. The number of aromatic nitrogens is 2. The van der Waals surface area contributed by atoms with E-state index in [2.05, 4.69) is 10.3 Å². The average Bonchev–Trinajstić information content (AvgIpc) is 2.72. The number of nitrogens with one attached hydrogen (secondary N) is 1. The zero-order chi connectivity index (χ0) is 19.9. The summed E-state index contributed by atoms with van der Waals surface area (Å²) in [6, 6.07) is 16.5. The first-order valence-corrected chi connectivity index (χ1v) is 10.1. The number of aliphatic hydroxyl groups excluding tert-OH is 1. The van der Waals surface area contributed by atoms with Crippen molar-refractivity contribution in [1.82, 2.24) is 9.55 Å². The Labute approximate surface area is 167 Å². The molecule has 0 spiro atoms. The Balaban J connectivity index is 1.92. The summed E-state index contributed by atoms with van der Waals surface area (Å²) in [7, 11) is 0. The zero-order valence-corrected chi connectivity index (χ0v) is 16.5. The Hall–Kier alpha value is -2.64. The van der Waals surface area contributed by atoms with Crippen LogP contribution in [0.2, 0.25) is 0 Å². The summed E-state index contributed by atoms with van der Waals surface area (Å²) in [5, 5.41) is 12.7. The third kappa shape index (κ3) is 4.61. The van der Waals surface area contributed by atoms with Crippen LogP contribution in [0.3, 0.4) is 0 Å². The predicted molar refractivity (Wildman–Crippen MR) is 113 cm³/mol. The second kappa shape index (κ2) is 9.52. The van der Waals surface area contributed by atoms with Crippen molar-refractivity contribution >= 4 is 34.3 Å². The first-order valence-electron chi connectivity index (χ1n) is 9.27. The molecular formula is C21H23N3O3S. The summed E-state index contributed by atoms with van der Waals surface area (Å²) >= 11 is 1.28. The average molecular weight is 398 g/mol. The first kappa shape index (κ1) is 20.1. The molecule has 0 fully saturated rings.